The van der Waals surface area contributed by atoms with Gasteiger partial charge in [0.15, 0.2) is 0 Å². The molecule has 0 unspecified atom stereocenters. The van der Waals surface area contributed by atoms with Gasteiger partial charge in [0.05, 0.1) is 22.8 Å². The van der Waals surface area contributed by atoms with Crippen LogP contribution in [0.15, 0.2) is 10.7 Å². The van der Waals surface area contributed by atoms with Gasteiger partial charge in [0, 0.05) is 6.54 Å². The molecule has 0 saturated heterocycles. The molecule has 0 radical (unpaired) electrons. The zero-order valence-electron chi connectivity index (χ0n) is 10.1. The van der Waals surface area contributed by atoms with Gasteiger partial charge in [0.1, 0.15) is 5.69 Å². The van der Waals surface area contributed by atoms with Crippen LogP contribution in [-0.4, -0.2) is 46.6 Å². The molecule has 1 fully saturated rings. The topological polar surface area (TPSA) is 64.2 Å². The van der Waals surface area contributed by atoms with E-state index in [4.69, 9.17) is 5.73 Å². The second-order valence-electron chi connectivity index (χ2n) is 4.85. The normalized spacial score (nSPS) is 17.5. The van der Waals surface area contributed by atoms with Crippen LogP contribution in [0.3, 0.4) is 0 Å². The molecule has 94 valence electrons. The van der Waals surface area contributed by atoms with E-state index in [1.165, 1.54) is 0 Å². The minimum atomic E-state index is -0.640. The highest BCUT2D eigenvalue weighted by atomic mass is 79.9. The average molecular weight is 301 g/mol. The highest BCUT2D eigenvalue weighted by Crippen LogP contribution is 2.37. The van der Waals surface area contributed by atoms with Gasteiger partial charge in [-0.25, -0.2) is 0 Å². The highest BCUT2D eigenvalue weighted by Gasteiger charge is 2.47. The maximum atomic E-state index is 12.2. The Hall–Kier alpha value is -0.720. The Morgan fingerprint density at radius 1 is 1.65 bits per heavy atom. The molecule has 0 amide bonds. The molecule has 1 aromatic rings. The number of aromatic nitrogens is 2. The SMILES string of the molecule is CN(C)CCn1ncc(Br)c1C(=O)C1(N)CC1. The van der Waals surface area contributed by atoms with Crippen LogP contribution in [0, 0.1) is 0 Å². The molecule has 1 aliphatic carbocycles. The number of hydrogen-bond donors (Lipinski definition) is 1. The van der Waals surface area contributed by atoms with Gasteiger partial charge in [-0.15, -0.1) is 0 Å². The Bertz CT molecular complexity index is 437. The van der Waals surface area contributed by atoms with Gasteiger partial charge in [-0.1, -0.05) is 0 Å². The first-order valence-electron chi connectivity index (χ1n) is 5.64. The number of nitrogens with two attached hydrogens (primary N) is 1. The van der Waals surface area contributed by atoms with E-state index in [0.717, 1.165) is 23.9 Å². The van der Waals surface area contributed by atoms with E-state index in [9.17, 15) is 4.79 Å². The number of likely N-dealkylation sites (N-methyl/N-ethyl adjacent to an activating group) is 1. The smallest absolute Gasteiger partial charge is 0.201 e. The van der Waals surface area contributed by atoms with Gasteiger partial charge in [0.2, 0.25) is 5.78 Å². The van der Waals surface area contributed by atoms with Crippen molar-refractivity contribution in [2.45, 2.75) is 24.9 Å². The van der Waals surface area contributed by atoms with E-state index in [1.54, 1.807) is 10.9 Å². The summed E-state index contributed by atoms with van der Waals surface area (Å²) in [5.74, 6) is 0.000584. The van der Waals surface area contributed by atoms with E-state index >= 15 is 0 Å². The first-order chi connectivity index (χ1) is 7.94. The summed E-state index contributed by atoms with van der Waals surface area (Å²) in [7, 11) is 3.98. The van der Waals surface area contributed by atoms with E-state index in [-0.39, 0.29) is 5.78 Å². The first-order valence-corrected chi connectivity index (χ1v) is 6.43. The summed E-state index contributed by atoms with van der Waals surface area (Å²) < 4.78 is 2.47. The number of carbonyl (C=O) groups excluding carboxylic acids is 1. The molecule has 2 rings (SSSR count). The lowest BCUT2D eigenvalue weighted by molar-refractivity contribution is 0.0937. The second kappa shape index (κ2) is 4.51. The predicted molar refractivity (Wildman–Crippen MR) is 69.0 cm³/mol. The average Bonchev–Trinajstić information content (AvgIpc) is 2.90. The van der Waals surface area contributed by atoms with Crippen molar-refractivity contribution in [3.63, 3.8) is 0 Å². The number of Topliss-reactive ketones (excluding diaryl/α,β-unsaturated/α-hetero) is 1. The van der Waals surface area contributed by atoms with Crippen LogP contribution in [0.4, 0.5) is 0 Å². The van der Waals surface area contributed by atoms with Gasteiger partial charge < -0.3 is 10.6 Å². The van der Waals surface area contributed by atoms with E-state index in [1.807, 2.05) is 14.1 Å². The molecule has 2 N–H and O–H groups in total. The molecule has 0 atom stereocenters. The van der Waals surface area contributed by atoms with Gasteiger partial charge in [-0.2, -0.15) is 5.10 Å². The molecule has 0 aliphatic heterocycles. The van der Waals surface area contributed by atoms with Crippen LogP contribution in [0.25, 0.3) is 0 Å². The Morgan fingerprint density at radius 2 is 2.29 bits per heavy atom. The first kappa shape index (κ1) is 12.7. The van der Waals surface area contributed by atoms with Crippen LogP contribution in [0.2, 0.25) is 0 Å². The van der Waals surface area contributed by atoms with Crippen molar-refractivity contribution in [2.24, 2.45) is 5.73 Å². The fourth-order valence-electron chi connectivity index (χ4n) is 1.65. The number of rotatable bonds is 5. The third-order valence-electron chi connectivity index (χ3n) is 3.01. The second-order valence-corrected chi connectivity index (χ2v) is 5.71. The maximum Gasteiger partial charge on any atom is 0.201 e. The summed E-state index contributed by atoms with van der Waals surface area (Å²) in [5.41, 5.74) is 5.92. The molecule has 1 saturated carbocycles. The molecule has 0 bridgehead atoms. The molecule has 17 heavy (non-hydrogen) atoms. The molecule has 6 heteroatoms. The van der Waals surface area contributed by atoms with E-state index in [0.29, 0.717) is 12.2 Å². The molecular weight excluding hydrogens is 284 g/mol. The van der Waals surface area contributed by atoms with Crippen molar-refractivity contribution in [3.8, 4) is 0 Å². The van der Waals surface area contributed by atoms with Gasteiger partial charge in [-0.05, 0) is 42.9 Å². The third-order valence-corrected chi connectivity index (χ3v) is 3.59. The van der Waals surface area contributed by atoms with Crippen molar-refractivity contribution >= 4 is 21.7 Å². The molecule has 0 spiro atoms. The Labute approximate surface area is 109 Å². The minimum absolute atomic E-state index is 0.000584. The van der Waals surface area contributed by atoms with Crippen molar-refractivity contribution < 1.29 is 4.79 Å². The summed E-state index contributed by atoms with van der Waals surface area (Å²) in [6.45, 7) is 1.53. The van der Waals surface area contributed by atoms with Crippen LogP contribution >= 0.6 is 15.9 Å². The summed E-state index contributed by atoms with van der Waals surface area (Å²) >= 11 is 3.37. The van der Waals surface area contributed by atoms with E-state index in [2.05, 4.69) is 25.9 Å². The summed E-state index contributed by atoms with van der Waals surface area (Å²) in [6, 6.07) is 0. The highest BCUT2D eigenvalue weighted by molar-refractivity contribution is 9.10. The molecule has 5 nitrogen and oxygen atoms in total. The van der Waals surface area contributed by atoms with E-state index < -0.39 is 5.54 Å². The lowest BCUT2D eigenvalue weighted by Gasteiger charge is -2.13. The van der Waals surface area contributed by atoms with Crippen molar-refractivity contribution in [3.05, 3.63) is 16.4 Å². The van der Waals surface area contributed by atoms with Crippen LogP contribution in [0.5, 0.6) is 0 Å². The molecule has 1 heterocycles. The Kier molecular flexibility index (Phi) is 3.38. The largest absolute Gasteiger partial charge is 0.319 e. The summed E-state index contributed by atoms with van der Waals surface area (Å²) in [5, 5.41) is 4.22. The molecular formula is C11H17BrN4O. The minimum Gasteiger partial charge on any atom is -0.319 e. The van der Waals surface area contributed by atoms with Crippen LogP contribution in [-0.2, 0) is 6.54 Å². The van der Waals surface area contributed by atoms with Crippen LogP contribution in [0.1, 0.15) is 23.3 Å². The zero-order valence-corrected chi connectivity index (χ0v) is 11.7. The van der Waals surface area contributed by atoms with Gasteiger partial charge in [-0.3, -0.25) is 9.48 Å². The number of ketones is 1. The Morgan fingerprint density at radius 3 is 2.82 bits per heavy atom. The number of halogens is 1. The monoisotopic (exact) mass is 300 g/mol. The van der Waals surface area contributed by atoms with Gasteiger partial charge >= 0.3 is 0 Å². The zero-order chi connectivity index (χ0) is 12.6. The van der Waals surface area contributed by atoms with Crippen molar-refractivity contribution in [1.82, 2.24) is 14.7 Å². The lowest BCUT2D eigenvalue weighted by Crippen LogP contribution is -2.35. The van der Waals surface area contributed by atoms with Crippen LogP contribution < -0.4 is 5.73 Å². The molecule has 1 aliphatic rings. The molecule has 0 aromatic carbocycles. The number of carbonyl (C=O) groups is 1. The Balaban J connectivity index is 2.20. The maximum absolute atomic E-state index is 12.2. The van der Waals surface area contributed by atoms with Crippen molar-refractivity contribution in [2.75, 3.05) is 20.6 Å². The summed E-state index contributed by atoms with van der Waals surface area (Å²) in [4.78, 5) is 14.3. The third kappa shape index (κ3) is 2.59. The quantitative estimate of drug-likeness (QED) is 0.820. The van der Waals surface area contributed by atoms with Crippen molar-refractivity contribution in [1.29, 1.82) is 0 Å². The fourth-order valence-corrected chi connectivity index (χ4v) is 2.13. The number of hydrogen-bond acceptors (Lipinski definition) is 4. The number of nitrogens with zero attached hydrogens (tertiary/aromatic N) is 3. The lowest BCUT2D eigenvalue weighted by atomic mass is 10.1. The summed E-state index contributed by atoms with van der Waals surface area (Å²) in [6.07, 6.45) is 3.21. The molecule has 1 aromatic heterocycles. The van der Waals surface area contributed by atoms with Gasteiger partial charge in [0.25, 0.3) is 0 Å². The fraction of sp³-hybridized carbons (Fsp3) is 0.636. The predicted octanol–water partition coefficient (Wildman–Crippen LogP) is 0.881. The standard InChI is InChI=1S/C11H17BrN4O/c1-15(2)5-6-16-9(8(12)7-14-16)10(17)11(13)3-4-11/h7H,3-6,13H2,1-2H3.